The van der Waals surface area contributed by atoms with E-state index in [1.165, 1.54) is 0 Å². The fourth-order valence-corrected chi connectivity index (χ4v) is 1.82. The van der Waals surface area contributed by atoms with Crippen LogP contribution in [0.3, 0.4) is 0 Å². The summed E-state index contributed by atoms with van der Waals surface area (Å²) in [7, 11) is 0. The van der Waals surface area contributed by atoms with Crippen LogP contribution in [0.15, 0.2) is 30.9 Å². The molecule has 6 heteroatoms. The largest absolute Gasteiger partial charge is 0.461 e. The Kier molecular flexibility index (Phi) is 3.79. The van der Waals surface area contributed by atoms with Crippen LogP contribution in [-0.4, -0.2) is 27.1 Å². The highest BCUT2D eigenvalue weighted by molar-refractivity contribution is 5.92. The van der Waals surface area contributed by atoms with Crippen LogP contribution >= 0.6 is 0 Å². The number of imidazole rings is 1. The number of hydrogen-bond donors (Lipinski definition) is 1. The van der Waals surface area contributed by atoms with Gasteiger partial charge in [0.05, 0.1) is 19.0 Å². The van der Waals surface area contributed by atoms with Crippen molar-refractivity contribution in [2.24, 2.45) is 0 Å². The summed E-state index contributed by atoms with van der Waals surface area (Å²) < 4.78 is 6.63. The number of pyridine rings is 1. The van der Waals surface area contributed by atoms with E-state index in [-0.39, 0.29) is 11.7 Å². The molecule has 0 aliphatic carbocycles. The molecular weight excluding hydrogens is 244 g/mol. The van der Waals surface area contributed by atoms with E-state index in [2.05, 4.69) is 9.97 Å². The maximum atomic E-state index is 11.6. The molecule has 0 aliphatic rings. The van der Waals surface area contributed by atoms with E-state index in [0.29, 0.717) is 12.4 Å². The Hall–Kier alpha value is -2.37. The van der Waals surface area contributed by atoms with Gasteiger partial charge in [0.15, 0.2) is 5.69 Å². The van der Waals surface area contributed by atoms with Gasteiger partial charge in [-0.3, -0.25) is 4.98 Å². The molecule has 2 N–H and O–H groups in total. The molecule has 1 unspecified atom stereocenters. The van der Waals surface area contributed by atoms with Crippen molar-refractivity contribution in [2.75, 3.05) is 12.3 Å². The third-order valence-electron chi connectivity index (χ3n) is 2.88. The predicted octanol–water partition coefficient (Wildman–Crippen LogP) is 1.65. The van der Waals surface area contributed by atoms with Gasteiger partial charge in [-0.15, -0.1) is 0 Å². The molecule has 19 heavy (non-hydrogen) atoms. The van der Waals surface area contributed by atoms with Crippen molar-refractivity contribution < 1.29 is 9.53 Å². The Bertz CT molecular complexity index is 565. The zero-order valence-electron chi connectivity index (χ0n) is 10.9. The molecule has 0 aliphatic heterocycles. The standard InChI is InChI=1S/C13H16N4O2/c1-3-19-13(18)11-12(14)17(8-16-11)9(2)10-5-4-6-15-7-10/h4-9H,3,14H2,1-2H3. The molecule has 0 bridgehead atoms. The first kappa shape index (κ1) is 13.1. The summed E-state index contributed by atoms with van der Waals surface area (Å²) in [6.07, 6.45) is 5.00. The Balaban J connectivity index is 2.29. The van der Waals surface area contributed by atoms with Crippen molar-refractivity contribution in [3.63, 3.8) is 0 Å². The number of nitrogen functional groups attached to an aromatic ring is 1. The molecule has 0 saturated heterocycles. The summed E-state index contributed by atoms with van der Waals surface area (Å²) in [5, 5.41) is 0. The number of esters is 1. The van der Waals surface area contributed by atoms with Gasteiger partial charge in [-0.1, -0.05) is 6.07 Å². The van der Waals surface area contributed by atoms with Crippen LogP contribution in [0.1, 0.15) is 35.9 Å². The van der Waals surface area contributed by atoms with Crippen LogP contribution in [0.4, 0.5) is 5.82 Å². The van der Waals surface area contributed by atoms with E-state index in [4.69, 9.17) is 10.5 Å². The van der Waals surface area contributed by atoms with Gasteiger partial charge in [-0.25, -0.2) is 9.78 Å². The molecule has 0 amide bonds. The van der Waals surface area contributed by atoms with E-state index in [0.717, 1.165) is 5.56 Å². The lowest BCUT2D eigenvalue weighted by Gasteiger charge is -2.14. The number of rotatable bonds is 4. The quantitative estimate of drug-likeness (QED) is 0.845. The number of hydrogen-bond acceptors (Lipinski definition) is 5. The van der Waals surface area contributed by atoms with Crippen LogP contribution in [0.5, 0.6) is 0 Å². The van der Waals surface area contributed by atoms with Crippen LogP contribution in [0, 0.1) is 0 Å². The van der Waals surface area contributed by atoms with E-state index < -0.39 is 5.97 Å². The summed E-state index contributed by atoms with van der Waals surface area (Å²) >= 11 is 0. The molecule has 2 aromatic heterocycles. The molecule has 0 fully saturated rings. The second-order valence-corrected chi connectivity index (χ2v) is 4.07. The molecule has 6 nitrogen and oxygen atoms in total. The highest BCUT2D eigenvalue weighted by Gasteiger charge is 2.20. The number of carbonyl (C=O) groups excluding carboxylic acids is 1. The summed E-state index contributed by atoms with van der Waals surface area (Å²) in [5.74, 6) is -0.202. The molecule has 0 saturated carbocycles. The molecule has 0 radical (unpaired) electrons. The Morgan fingerprint density at radius 3 is 3.00 bits per heavy atom. The smallest absolute Gasteiger partial charge is 0.360 e. The average Bonchev–Trinajstić information content (AvgIpc) is 2.81. The zero-order chi connectivity index (χ0) is 13.8. The second kappa shape index (κ2) is 5.51. The zero-order valence-corrected chi connectivity index (χ0v) is 10.9. The number of ether oxygens (including phenoxy) is 1. The number of aromatic nitrogens is 3. The first-order valence-corrected chi connectivity index (χ1v) is 6.04. The van der Waals surface area contributed by atoms with Crippen molar-refractivity contribution in [2.45, 2.75) is 19.9 Å². The van der Waals surface area contributed by atoms with Gasteiger partial charge in [0.1, 0.15) is 5.82 Å². The molecule has 1 atom stereocenters. The van der Waals surface area contributed by atoms with Crippen molar-refractivity contribution in [1.29, 1.82) is 0 Å². The van der Waals surface area contributed by atoms with Crippen molar-refractivity contribution >= 4 is 11.8 Å². The van der Waals surface area contributed by atoms with E-state index in [9.17, 15) is 4.79 Å². The Morgan fingerprint density at radius 2 is 2.37 bits per heavy atom. The number of nitrogens with two attached hydrogens (primary N) is 1. The van der Waals surface area contributed by atoms with Crippen molar-refractivity contribution in [3.8, 4) is 0 Å². The third kappa shape index (κ3) is 2.57. The molecule has 2 rings (SSSR count). The lowest BCUT2D eigenvalue weighted by molar-refractivity contribution is 0.0521. The minimum atomic E-state index is -0.503. The van der Waals surface area contributed by atoms with Crippen molar-refractivity contribution in [1.82, 2.24) is 14.5 Å². The summed E-state index contributed by atoms with van der Waals surface area (Å²) in [5.41, 5.74) is 7.09. The highest BCUT2D eigenvalue weighted by atomic mass is 16.5. The number of anilines is 1. The maximum absolute atomic E-state index is 11.6. The molecule has 0 spiro atoms. The van der Waals surface area contributed by atoms with Gasteiger partial charge in [0, 0.05) is 12.4 Å². The molecule has 100 valence electrons. The number of carbonyl (C=O) groups is 1. The second-order valence-electron chi connectivity index (χ2n) is 4.07. The fourth-order valence-electron chi connectivity index (χ4n) is 1.82. The van der Waals surface area contributed by atoms with Crippen molar-refractivity contribution in [3.05, 3.63) is 42.1 Å². The molecule has 0 aromatic carbocycles. The van der Waals surface area contributed by atoms with E-state index >= 15 is 0 Å². The Morgan fingerprint density at radius 1 is 1.58 bits per heavy atom. The minimum absolute atomic E-state index is 0.0515. The van der Waals surface area contributed by atoms with Crippen LogP contribution < -0.4 is 5.73 Å². The van der Waals surface area contributed by atoms with Gasteiger partial charge < -0.3 is 15.0 Å². The lowest BCUT2D eigenvalue weighted by Crippen LogP contribution is -2.12. The summed E-state index contributed by atoms with van der Waals surface area (Å²) in [6.45, 7) is 4.00. The monoisotopic (exact) mass is 260 g/mol. The van der Waals surface area contributed by atoms with Gasteiger partial charge in [0.25, 0.3) is 0 Å². The van der Waals surface area contributed by atoms with Gasteiger partial charge in [-0.05, 0) is 25.5 Å². The maximum Gasteiger partial charge on any atom is 0.360 e. The normalized spacial score (nSPS) is 12.1. The third-order valence-corrected chi connectivity index (χ3v) is 2.88. The Labute approximate surface area is 111 Å². The van der Waals surface area contributed by atoms with Gasteiger partial charge in [-0.2, -0.15) is 0 Å². The molecule has 2 aromatic rings. The first-order chi connectivity index (χ1) is 9.15. The predicted molar refractivity (Wildman–Crippen MR) is 70.6 cm³/mol. The van der Waals surface area contributed by atoms with E-state index in [1.807, 2.05) is 19.1 Å². The average molecular weight is 260 g/mol. The minimum Gasteiger partial charge on any atom is -0.461 e. The summed E-state index contributed by atoms with van der Waals surface area (Å²) in [6, 6.07) is 3.75. The highest BCUT2D eigenvalue weighted by Crippen LogP contribution is 2.22. The summed E-state index contributed by atoms with van der Waals surface area (Å²) in [4.78, 5) is 19.7. The lowest BCUT2D eigenvalue weighted by atomic mass is 10.1. The van der Waals surface area contributed by atoms with Crippen LogP contribution in [0.2, 0.25) is 0 Å². The molecule has 2 heterocycles. The van der Waals surface area contributed by atoms with Gasteiger partial charge in [0.2, 0.25) is 0 Å². The van der Waals surface area contributed by atoms with Gasteiger partial charge >= 0.3 is 5.97 Å². The fraction of sp³-hybridized carbons (Fsp3) is 0.308. The number of nitrogens with zero attached hydrogens (tertiary/aromatic N) is 3. The van der Waals surface area contributed by atoms with E-state index in [1.54, 1.807) is 30.2 Å². The van der Waals surface area contributed by atoms with Crippen LogP contribution in [-0.2, 0) is 4.74 Å². The topological polar surface area (TPSA) is 83.0 Å². The molecular formula is C13H16N4O2. The first-order valence-electron chi connectivity index (χ1n) is 6.04. The SMILES string of the molecule is CCOC(=O)c1ncn(C(C)c2cccnc2)c1N. The van der Waals surface area contributed by atoms with Crippen LogP contribution in [0.25, 0.3) is 0 Å².